The highest BCUT2D eigenvalue weighted by atomic mass is 35.5. The molecule has 1 fully saturated rings. The normalized spacial score (nSPS) is 32.0. The van der Waals surface area contributed by atoms with Gasteiger partial charge in [0.05, 0.1) is 0 Å². The zero-order chi connectivity index (χ0) is 13.4. The molecule has 0 spiro atoms. The molecule has 0 unspecified atom stereocenters. The van der Waals surface area contributed by atoms with Gasteiger partial charge in [0.1, 0.15) is 4.87 Å². The first kappa shape index (κ1) is 13.7. The van der Waals surface area contributed by atoms with Gasteiger partial charge in [0.2, 0.25) is 5.91 Å². The standard InChI is InChI=1S/C14H17Cl2NO/c1-13(9-15)10-17(12(18)14(13,2)16)8-11-6-4-3-5-7-11/h3-7H,8-10H2,1-2H3/t13-,14+/m1/s1. The lowest BCUT2D eigenvalue weighted by molar-refractivity contribution is -0.130. The molecule has 0 N–H and O–H groups in total. The van der Waals surface area contributed by atoms with Gasteiger partial charge in [0.15, 0.2) is 0 Å². The van der Waals surface area contributed by atoms with E-state index in [2.05, 4.69) is 0 Å². The predicted molar refractivity (Wildman–Crippen MR) is 74.9 cm³/mol. The molecule has 0 radical (unpaired) electrons. The minimum atomic E-state index is -0.913. The molecule has 1 aliphatic rings. The van der Waals surface area contributed by atoms with Crippen molar-refractivity contribution in [1.82, 2.24) is 4.90 Å². The summed E-state index contributed by atoms with van der Waals surface area (Å²) in [6.45, 7) is 4.93. The number of carbonyl (C=O) groups is 1. The molecule has 0 bridgehead atoms. The minimum absolute atomic E-state index is 0.0313. The minimum Gasteiger partial charge on any atom is -0.336 e. The molecular formula is C14H17Cl2NO. The molecule has 98 valence electrons. The molecule has 1 aromatic rings. The van der Waals surface area contributed by atoms with E-state index in [-0.39, 0.29) is 11.3 Å². The van der Waals surface area contributed by atoms with Crippen LogP contribution in [0.4, 0.5) is 0 Å². The molecular weight excluding hydrogens is 269 g/mol. The van der Waals surface area contributed by atoms with Crippen LogP contribution >= 0.6 is 23.2 Å². The van der Waals surface area contributed by atoms with E-state index in [1.165, 1.54) is 0 Å². The third-order valence-corrected chi connectivity index (χ3v) is 5.08. The second-order valence-electron chi connectivity index (χ2n) is 5.34. The van der Waals surface area contributed by atoms with E-state index >= 15 is 0 Å². The SMILES string of the molecule is C[C@@]1(CCl)CN(Cc2ccccc2)C(=O)[C@]1(C)Cl. The highest BCUT2D eigenvalue weighted by Gasteiger charge is 2.56. The zero-order valence-corrected chi connectivity index (χ0v) is 12.1. The Hall–Kier alpha value is -0.730. The number of alkyl halides is 2. The molecule has 1 aromatic carbocycles. The molecule has 1 heterocycles. The summed E-state index contributed by atoms with van der Waals surface area (Å²) in [5.41, 5.74) is 0.722. The topological polar surface area (TPSA) is 20.3 Å². The fourth-order valence-corrected chi connectivity index (χ4v) is 2.96. The van der Waals surface area contributed by atoms with Gasteiger partial charge in [-0.15, -0.1) is 23.2 Å². The van der Waals surface area contributed by atoms with Crippen LogP contribution in [0.1, 0.15) is 19.4 Å². The second-order valence-corrected chi connectivity index (χ2v) is 6.37. The fourth-order valence-electron chi connectivity index (χ4n) is 2.30. The summed E-state index contributed by atoms with van der Waals surface area (Å²) in [5.74, 6) is 0.348. The van der Waals surface area contributed by atoms with Crippen LogP contribution in [0.5, 0.6) is 0 Å². The lowest BCUT2D eigenvalue weighted by Crippen LogP contribution is -2.42. The quantitative estimate of drug-likeness (QED) is 0.781. The zero-order valence-electron chi connectivity index (χ0n) is 10.6. The Morgan fingerprint density at radius 1 is 1.28 bits per heavy atom. The van der Waals surface area contributed by atoms with Crippen LogP contribution < -0.4 is 0 Å². The van der Waals surface area contributed by atoms with Gasteiger partial charge < -0.3 is 4.90 Å². The van der Waals surface area contributed by atoms with Crippen molar-refractivity contribution in [3.8, 4) is 0 Å². The van der Waals surface area contributed by atoms with E-state index < -0.39 is 4.87 Å². The predicted octanol–water partition coefficient (Wildman–Crippen LogP) is 3.27. The number of halogens is 2. The van der Waals surface area contributed by atoms with E-state index in [0.717, 1.165) is 5.56 Å². The van der Waals surface area contributed by atoms with Crippen molar-refractivity contribution in [3.63, 3.8) is 0 Å². The van der Waals surface area contributed by atoms with Crippen LogP contribution in [0.25, 0.3) is 0 Å². The molecule has 0 saturated carbocycles. The molecule has 0 aromatic heterocycles. The summed E-state index contributed by atoms with van der Waals surface area (Å²) in [5, 5.41) is 0. The van der Waals surface area contributed by atoms with Crippen molar-refractivity contribution < 1.29 is 4.79 Å². The third kappa shape index (κ3) is 2.12. The Labute approximate surface area is 118 Å². The first-order chi connectivity index (χ1) is 8.40. The van der Waals surface area contributed by atoms with Gasteiger partial charge in [-0.3, -0.25) is 4.79 Å². The maximum Gasteiger partial charge on any atom is 0.244 e. The molecule has 2 rings (SSSR count). The van der Waals surface area contributed by atoms with Gasteiger partial charge in [-0.1, -0.05) is 37.3 Å². The monoisotopic (exact) mass is 285 g/mol. The smallest absolute Gasteiger partial charge is 0.244 e. The third-order valence-electron chi connectivity index (χ3n) is 3.87. The molecule has 2 atom stereocenters. The molecule has 0 aliphatic carbocycles. The number of benzene rings is 1. The Morgan fingerprint density at radius 3 is 2.39 bits per heavy atom. The van der Waals surface area contributed by atoms with Gasteiger partial charge in [0, 0.05) is 24.4 Å². The van der Waals surface area contributed by atoms with E-state index in [0.29, 0.717) is 19.0 Å². The number of hydrogen-bond donors (Lipinski definition) is 0. The second kappa shape index (κ2) is 4.75. The van der Waals surface area contributed by atoms with Gasteiger partial charge in [-0.25, -0.2) is 0 Å². The highest BCUT2D eigenvalue weighted by Crippen LogP contribution is 2.45. The molecule has 1 amide bonds. The number of likely N-dealkylation sites (tertiary alicyclic amines) is 1. The maximum absolute atomic E-state index is 12.3. The number of hydrogen-bond acceptors (Lipinski definition) is 1. The number of rotatable bonds is 3. The first-order valence-electron chi connectivity index (χ1n) is 5.99. The van der Waals surface area contributed by atoms with Crippen LogP contribution in [0.15, 0.2) is 30.3 Å². The lowest BCUT2D eigenvalue weighted by Gasteiger charge is -2.30. The maximum atomic E-state index is 12.3. The van der Waals surface area contributed by atoms with Crippen LogP contribution in [0.2, 0.25) is 0 Å². The molecule has 4 heteroatoms. The van der Waals surface area contributed by atoms with Crippen molar-refractivity contribution in [2.45, 2.75) is 25.3 Å². The van der Waals surface area contributed by atoms with Crippen LogP contribution in [-0.4, -0.2) is 28.1 Å². The molecule has 2 nitrogen and oxygen atoms in total. The Balaban J connectivity index is 2.20. The van der Waals surface area contributed by atoms with Gasteiger partial charge in [-0.2, -0.15) is 0 Å². The van der Waals surface area contributed by atoms with Crippen molar-refractivity contribution in [2.24, 2.45) is 5.41 Å². The molecule has 1 aliphatic heterocycles. The van der Waals surface area contributed by atoms with E-state index in [4.69, 9.17) is 23.2 Å². The Morgan fingerprint density at radius 2 is 1.89 bits per heavy atom. The van der Waals surface area contributed by atoms with Crippen molar-refractivity contribution in [3.05, 3.63) is 35.9 Å². The largest absolute Gasteiger partial charge is 0.336 e. The van der Waals surface area contributed by atoms with E-state index in [1.807, 2.05) is 37.3 Å². The van der Waals surface area contributed by atoms with Crippen molar-refractivity contribution in [2.75, 3.05) is 12.4 Å². The van der Waals surface area contributed by atoms with E-state index in [1.54, 1.807) is 11.8 Å². The first-order valence-corrected chi connectivity index (χ1v) is 6.90. The summed E-state index contributed by atoms with van der Waals surface area (Å²) in [4.78, 5) is 13.2. The summed E-state index contributed by atoms with van der Waals surface area (Å²) >= 11 is 12.4. The summed E-state index contributed by atoms with van der Waals surface area (Å²) in [6, 6.07) is 9.92. The summed E-state index contributed by atoms with van der Waals surface area (Å²) in [7, 11) is 0. The molecule has 1 saturated heterocycles. The van der Waals surface area contributed by atoms with Gasteiger partial charge in [-0.05, 0) is 12.5 Å². The summed E-state index contributed by atoms with van der Waals surface area (Å²) < 4.78 is 0. The highest BCUT2D eigenvalue weighted by molar-refractivity contribution is 6.36. The Bertz CT molecular complexity index is 446. The van der Waals surface area contributed by atoms with Gasteiger partial charge >= 0.3 is 0 Å². The fraction of sp³-hybridized carbons (Fsp3) is 0.500. The average Bonchev–Trinajstić information content (AvgIpc) is 2.53. The van der Waals surface area contributed by atoms with Crippen LogP contribution in [0.3, 0.4) is 0 Å². The lowest BCUT2D eigenvalue weighted by atomic mass is 9.82. The number of amides is 1. The number of nitrogens with zero attached hydrogens (tertiary/aromatic N) is 1. The number of carbonyl (C=O) groups excluding carboxylic acids is 1. The molecule has 18 heavy (non-hydrogen) atoms. The van der Waals surface area contributed by atoms with Gasteiger partial charge in [0.25, 0.3) is 0 Å². The van der Waals surface area contributed by atoms with Crippen molar-refractivity contribution in [1.29, 1.82) is 0 Å². The van der Waals surface area contributed by atoms with E-state index in [9.17, 15) is 4.79 Å². The summed E-state index contributed by atoms with van der Waals surface area (Å²) in [6.07, 6.45) is 0. The van der Waals surface area contributed by atoms with Crippen LogP contribution in [0, 0.1) is 5.41 Å². The average molecular weight is 286 g/mol. The Kier molecular flexibility index (Phi) is 3.61. The van der Waals surface area contributed by atoms with Crippen molar-refractivity contribution >= 4 is 29.1 Å². The van der Waals surface area contributed by atoms with Crippen LogP contribution in [-0.2, 0) is 11.3 Å².